The molecule has 1 aromatic carbocycles. The first-order valence-corrected chi connectivity index (χ1v) is 6.95. The Kier molecular flexibility index (Phi) is 5.12. The van der Waals surface area contributed by atoms with Crippen LogP contribution in [0.4, 0.5) is 0 Å². The molecule has 0 saturated carbocycles. The maximum Gasteiger partial charge on any atom is 0.226 e. The van der Waals surface area contributed by atoms with Crippen molar-refractivity contribution in [2.24, 2.45) is 0 Å². The molecule has 0 unspecified atom stereocenters. The molecule has 0 aliphatic carbocycles. The normalized spacial score (nSPS) is 12.3. The van der Waals surface area contributed by atoms with E-state index in [0.717, 1.165) is 24.2 Å². The summed E-state index contributed by atoms with van der Waals surface area (Å²) in [5.41, 5.74) is 0.893. The number of aryl methyl sites for hydroxylation is 1. The van der Waals surface area contributed by atoms with Crippen LogP contribution in [0.25, 0.3) is 0 Å². The summed E-state index contributed by atoms with van der Waals surface area (Å²) in [6.07, 6.45) is 2.04. The lowest BCUT2D eigenvalue weighted by atomic mass is 10.1. The van der Waals surface area contributed by atoms with Crippen LogP contribution in [0.2, 0.25) is 0 Å². The van der Waals surface area contributed by atoms with Crippen molar-refractivity contribution in [3.8, 4) is 5.75 Å². The van der Waals surface area contributed by atoms with Gasteiger partial charge in [-0.25, -0.2) is 0 Å². The van der Waals surface area contributed by atoms with Crippen LogP contribution in [0.15, 0.2) is 28.8 Å². The number of hydrogen-bond acceptors (Lipinski definition) is 5. The van der Waals surface area contributed by atoms with Crippen molar-refractivity contribution < 1.29 is 14.4 Å². The Balaban J connectivity index is 1.89. The number of aromatic nitrogens is 2. The average Bonchev–Trinajstić information content (AvgIpc) is 2.93. The van der Waals surface area contributed by atoms with Gasteiger partial charge in [0.25, 0.3) is 0 Å². The van der Waals surface area contributed by atoms with E-state index in [0.29, 0.717) is 18.1 Å². The molecule has 0 saturated heterocycles. The van der Waals surface area contributed by atoms with Gasteiger partial charge in [-0.05, 0) is 30.5 Å². The van der Waals surface area contributed by atoms with Crippen LogP contribution < -0.4 is 4.74 Å². The summed E-state index contributed by atoms with van der Waals surface area (Å²) in [7, 11) is 0. The SMILES string of the molecule is CCCc1nc(COc2ccc([C@H](O)CC)cc2)no1. The second-order valence-electron chi connectivity index (χ2n) is 4.64. The zero-order valence-electron chi connectivity index (χ0n) is 11.9. The van der Waals surface area contributed by atoms with Crippen molar-refractivity contribution in [1.82, 2.24) is 10.1 Å². The van der Waals surface area contributed by atoms with Gasteiger partial charge in [-0.1, -0.05) is 31.1 Å². The number of nitrogens with zero attached hydrogens (tertiary/aromatic N) is 2. The van der Waals surface area contributed by atoms with Crippen molar-refractivity contribution in [2.45, 2.75) is 45.8 Å². The van der Waals surface area contributed by atoms with Gasteiger partial charge in [0.05, 0.1) is 6.10 Å². The summed E-state index contributed by atoms with van der Waals surface area (Å²) in [6, 6.07) is 7.40. The summed E-state index contributed by atoms with van der Waals surface area (Å²) in [5.74, 6) is 1.91. The molecule has 5 heteroatoms. The van der Waals surface area contributed by atoms with Gasteiger partial charge in [0.2, 0.25) is 11.7 Å². The number of aliphatic hydroxyl groups is 1. The molecule has 2 rings (SSSR count). The Morgan fingerprint density at radius 3 is 2.65 bits per heavy atom. The summed E-state index contributed by atoms with van der Waals surface area (Å²) in [5, 5.41) is 13.6. The van der Waals surface area contributed by atoms with E-state index in [4.69, 9.17) is 9.26 Å². The van der Waals surface area contributed by atoms with E-state index in [1.807, 2.05) is 31.2 Å². The van der Waals surface area contributed by atoms with E-state index in [2.05, 4.69) is 17.1 Å². The quantitative estimate of drug-likeness (QED) is 0.841. The first kappa shape index (κ1) is 14.5. The molecule has 0 spiro atoms. The zero-order chi connectivity index (χ0) is 14.4. The van der Waals surface area contributed by atoms with Crippen LogP contribution in [0.3, 0.4) is 0 Å². The number of aliphatic hydroxyl groups excluding tert-OH is 1. The molecule has 0 bridgehead atoms. The van der Waals surface area contributed by atoms with Crippen molar-refractivity contribution >= 4 is 0 Å². The molecule has 1 aromatic heterocycles. The van der Waals surface area contributed by atoms with Crippen molar-refractivity contribution in [3.63, 3.8) is 0 Å². The molecule has 5 nitrogen and oxygen atoms in total. The van der Waals surface area contributed by atoms with Gasteiger partial charge in [0.1, 0.15) is 5.75 Å². The molecule has 0 aliphatic heterocycles. The van der Waals surface area contributed by atoms with Crippen LogP contribution in [0.5, 0.6) is 5.75 Å². The van der Waals surface area contributed by atoms with Crippen LogP contribution >= 0.6 is 0 Å². The van der Waals surface area contributed by atoms with Crippen molar-refractivity contribution in [2.75, 3.05) is 0 Å². The van der Waals surface area contributed by atoms with Gasteiger partial charge in [0.15, 0.2) is 6.61 Å². The lowest BCUT2D eigenvalue weighted by Crippen LogP contribution is -1.99. The Morgan fingerprint density at radius 1 is 1.25 bits per heavy atom. The molecule has 2 aromatic rings. The predicted octanol–water partition coefficient (Wildman–Crippen LogP) is 3.04. The lowest BCUT2D eigenvalue weighted by molar-refractivity contribution is 0.173. The Hall–Kier alpha value is -1.88. The number of rotatable bonds is 7. The van der Waals surface area contributed by atoms with Crippen LogP contribution in [0, 0.1) is 0 Å². The minimum Gasteiger partial charge on any atom is -0.485 e. The fraction of sp³-hybridized carbons (Fsp3) is 0.467. The van der Waals surface area contributed by atoms with Gasteiger partial charge in [-0.2, -0.15) is 4.98 Å². The second-order valence-corrected chi connectivity index (χ2v) is 4.64. The minimum absolute atomic E-state index is 0.281. The van der Waals surface area contributed by atoms with Crippen LogP contribution in [-0.2, 0) is 13.0 Å². The monoisotopic (exact) mass is 276 g/mol. The van der Waals surface area contributed by atoms with Crippen LogP contribution in [-0.4, -0.2) is 15.2 Å². The van der Waals surface area contributed by atoms with Gasteiger partial charge in [-0.3, -0.25) is 0 Å². The molecule has 1 heterocycles. The average molecular weight is 276 g/mol. The molecule has 0 radical (unpaired) electrons. The predicted molar refractivity (Wildman–Crippen MR) is 74.3 cm³/mol. The molecule has 0 amide bonds. The fourth-order valence-electron chi connectivity index (χ4n) is 1.83. The smallest absolute Gasteiger partial charge is 0.226 e. The number of ether oxygens (including phenoxy) is 1. The summed E-state index contributed by atoms with van der Waals surface area (Å²) in [4.78, 5) is 4.23. The molecule has 0 aliphatic rings. The molecular formula is C15H20N2O3. The highest BCUT2D eigenvalue weighted by Crippen LogP contribution is 2.20. The first-order valence-electron chi connectivity index (χ1n) is 6.95. The van der Waals surface area contributed by atoms with Crippen molar-refractivity contribution in [1.29, 1.82) is 0 Å². The highest BCUT2D eigenvalue weighted by molar-refractivity contribution is 5.28. The van der Waals surface area contributed by atoms with E-state index in [1.54, 1.807) is 0 Å². The highest BCUT2D eigenvalue weighted by atomic mass is 16.5. The molecule has 1 N–H and O–H groups in total. The maximum absolute atomic E-state index is 9.71. The fourth-order valence-corrected chi connectivity index (χ4v) is 1.83. The third kappa shape index (κ3) is 3.81. The largest absolute Gasteiger partial charge is 0.485 e. The van der Waals surface area contributed by atoms with E-state index < -0.39 is 6.10 Å². The van der Waals surface area contributed by atoms with Gasteiger partial charge >= 0.3 is 0 Å². The standard InChI is InChI=1S/C15H20N2O3/c1-3-5-15-16-14(17-20-15)10-19-12-8-6-11(7-9-12)13(18)4-2/h6-9,13,18H,3-5,10H2,1-2H3/t13-/m1/s1. The zero-order valence-corrected chi connectivity index (χ0v) is 11.9. The summed E-state index contributed by atoms with van der Waals surface area (Å²) < 4.78 is 10.7. The van der Waals surface area contributed by atoms with E-state index in [9.17, 15) is 5.11 Å². The van der Waals surface area contributed by atoms with Gasteiger partial charge in [-0.15, -0.1) is 0 Å². The van der Waals surface area contributed by atoms with E-state index >= 15 is 0 Å². The summed E-state index contributed by atoms with van der Waals surface area (Å²) >= 11 is 0. The molecule has 1 atom stereocenters. The first-order chi connectivity index (χ1) is 9.72. The Bertz CT molecular complexity index is 522. The third-order valence-electron chi connectivity index (χ3n) is 2.99. The van der Waals surface area contributed by atoms with E-state index in [1.165, 1.54) is 0 Å². The Morgan fingerprint density at radius 2 is 2.00 bits per heavy atom. The maximum atomic E-state index is 9.71. The third-order valence-corrected chi connectivity index (χ3v) is 2.99. The summed E-state index contributed by atoms with van der Waals surface area (Å²) in [6.45, 7) is 4.29. The molecule has 20 heavy (non-hydrogen) atoms. The Labute approximate surface area is 118 Å². The van der Waals surface area contributed by atoms with Crippen molar-refractivity contribution in [3.05, 3.63) is 41.5 Å². The second kappa shape index (κ2) is 7.05. The molecule has 0 fully saturated rings. The van der Waals surface area contributed by atoms with Gasteiger partial charge < -0.3 is 14.4 Å². The number of hydrogen-bond donors (Lipinski definition) is 1. The topological polar surface area (TPSA) is 68.4 Å². The highest BCUT2D eigenvalue weighted by Gasteiger charge is 2.07. The number of benzene rings is 1. The minimum atomic E-state index is -0.419. The van der Waals surface area contributed by atoms with E-state index in [-0.39, 0.29) is 6.61 Å². The van der Waals surface area contributed by atoms with Gasteiger partial charge in [0, 0.05) is 6.42 Å². The lowest BCUT2D eigenvalue weighted by Gasteiger charge is -2.09. The molecular weight excluding hydrogens is 256 g/mol. The molecule has 108 valence electrons. The van der Waals surface area contributed by atoms with Crippen LogP contribution in [0.1, 0.15) is 50.1 Å².